The first-order chi connectivity index (χ1) is 12.0. The van der Waals surface area contributed by atoms with Crippen LogP contribution in [0.5, 0.6) is 0 Å². The molecule has 1 amide bonds. The minimum Gasteiger partial charge on any atom is -0.465 e. The number of amides is 1. The summed E-state index contributed by atoms with van der Waals surface area (Å²) in [5, 5.41) is 2.86. The number of morpholine rings is 1. The second-order valence-corrected chi connectivity index (χ2v) is 6.21. The molecule has 7 heteroatoms. The minimum atomic E-state index is -0.386. The maximum atomic E-state index is 12.4. The van der Waals surface area contributed by atoms with E-state index in [0.29, 0.717) is 19.8 Å². The van der Waals surface area contributed by atoms with E-state index in [1.807, 2.05) is 19.1 Å². The van der Waals surface area contributed by atoms with Crippen LogP contribution in [0.4, 0.5) is 0 Å². The zero-order chi connectivity index (χ0) is 17.8. The van der Waals surface area contributed by atoms with Gasteiger partial charge in [0.15, 0.2) is 0 Å². The first kappa shape index (κ1) is 17.4. The predicted molar refractivity (Wildman–Crippen MR) is 92.7 cm³/mol. The van der Waals surface area contributed by atoms with Gasteiger partial charge in [-0.3, -0.25) is 14.5 Å². The van der Waals surface area contributed by atoms with E-state index in [1.165, 1.54) is 0 Å². The number of carbonyl (C=O) groups is 1. The molecule has 7 nitrogen and oxygen atoms in total. The van der Waals surface area contributed by atoms with Gasteiger partial charge in [-0.05, 0) is 38.1 Å². The number of rotatable bonds is 5. The van der Waals surface area contributed by atoms with Crippen LogP contribution in [0.15, 0.2) is 33.5 Å². The van der Waals surface area contributed by atoms with Crippen LogP contribution in [-0.2, 0) is 4.74 Å². The normalized spacial score (nSPS) is 16.6. The first-order valence-corrected chi connectivity index (χ1v) is 8.41. The van der Waals surface area contributed by atoms with Gasteiger partial charge in [0.05, 0.1) is 19.3 Å². The number of furan rings is 1. The van der Waals surface area contributed by atoms with E-state index >= 15 is 0 Å². The monoisotopic (exact) mass is 345 g/mol. The van der Waals surface area contributed by atoms with E-state index < -0.39 is 0 Å². The fourth-order valence-corrected chi connectivity index (χ4v) is 2.97. The van der Waals surface area contributed by atoms with Crippen molar-refractivity contribution in [3.63, 3.8) is 0 Å². The van der Waals surface area contributed by atoms with Crippen LogP contribution in [0.25, 0.3) is 0 Å². The average Bonchev–Trinajstić information content (AvgIpc) is 3.02. The highest BCUT2D eigenvalue weighted by Crippen LogP contribution is 2.23. The van der Waals surface area contributed by atoms with Crippen molar-refractivity contribution in [3.8, 4) is 0 Å². The van der Waals surface area contributed by atoms with Gasteiger partial charge in [-0.25, -0.2) is 0 Å². The molecular formula is C18H23N3O4. The summed E-state index contributed by atoms with van der Waals surface area (Å²) in [5.41, 5.74) is 0.454. The summed E-state index contributed by atoms with van der Waals surface area (Å²) in [6.45, 7) is 6.88. The summed E-state index contributed by atoms with van der Waals surface area (Å²) in [5.74, 6) is 1.25. The standard InChI is InChI=1S/C18H23N3O4/c1-12-3-5-14(18(23)20-12)17(22)19-11-15(16-6-4-13(2)25-16)21-7-9-24-10-8-21/h3-6,15H,7-11H2,1-2H3,(H,19,22)(H,20,23)/t15-/m1/s1. The molecule has 134 valence electrons. The summed E-state index contributed by atoms with van der Waals surface area (Å²) in [6, 6.07) is 7.01. The molecule has 0 saturated carbocycles. The quantitative estimate of drug-likeness (QED) is 0.855. The molecule has 0 bridgehead atoms. The summed E-state index contributed by atoms with van der Waals surface area (Å²) in [7, 11) is 0. The number of nitrogens with one attached hydrogen (secondary N) is 2. The Morgan fingerprint density at radius 1 is 1.24 bits per heavy atom. The second kappa shape index (κ2) is 7.67. The third-order valence-corrected chi connectivity index (χ3v) is 4.33. The molecule has 2 aromatic heterocycles. The Hall–Kier alpha value is -2.38. The number of ether oxygens (including phenoxy) is 1. The second-order valence-electron chi connectivity index (χ2n) is 6.21. The van der Waals surface area contributed by atoms with Gasteiger partial charge in [-0.1, -0.05) is 0 Å². The van der Waals surface area contributed by atoms with Crippen molar-refractivity contribution < 1.29 is 13.9 Å². The molecule has 0 spiro atoms. The Kier molecular flexibility index (Phi) is 5.35. The van der Waals surface area contributed by atoms with Crippen molar-refractivity contribution in [3.05, 3.63) is 57.4 Å². The first-order valence-electron chi connectivity index (χ1n) is 8.41. The van der Waals surface area contributed by atoms with Crippen molar-refractivity contribution in [2.24, 2.45) is 0 Å². The molecule has 1 aliphatic heterocycles. The van der Waals surface area contributed by atoms with Gasteiger partial charge in [0, 0.05) is 25.3 Å². The topological polar surface area (TPSA) is 87.6 Å². The third-order valence-electron chi connectivity index (χ3n) is 4.33. The molecule has 1 fully saturated rings. The van der Waals surface area contributed by atoms with Crippen LogP contribution in [-0.4, -0.2) is 48.6 Å². The molecule has 3 heterocycles. The van der Waals surface area contributed by atoms with E-state index in [9.17, 15) is 9.59 Å². The van der Waals surface area contributed by atoms with Crippen LogP contribution in [0.2, 0.25) is 0 Å². The zero-order valence-corrected chi connectivity index (χ0v) is 14.5. The molecular weight excluding hydrogens is 322 g/mol. The maximum absolute atomic E-state index is 12.4. The van der Waals surface area contributed by atoms with Crippen LogP contribution in [0.3, 0.4) is 0 Å². The molecule has 0 aromatic carbocycles. The largest absolute Gasteiger partial charge is 0.465 e. The highest BCUT2D eigenvalue weighted by Gasteiger charge is 2.26. The summed E-state index contributed by atoms with van der Waals surface area (Å²) in [6.07, 6.45) is 0. The van der Waals surface area contributed by atoms with Crippen LogP contribution >= 0.6 is 0 Å². The minimum absolute atomic E-state index is 0.0916. The van der Waals surface area contributed by atoms with E-state index in [2.05, 4.69) is 15.2 Å². The number of aromatic nitrogens is 1. The Morgan fingerprint density at radius 3 is 2.64 bits per heavy atom. The van der Waals surface area contributed by atoms with Gasteiger partial charge in [0.2, 0.25) is 0 Å². The number of aromatic amines is 1. The molecule has 0 radical (unpaired) electrons. The van der Waals surface area contributed by atoms with Crippen molar-refractivity contribution >= 4 is 5.91 Å². The van der Waals surface area contributed by atoms with Crippen molar-refractivity contribution in [1.82, 2.24) is 15.2 Å². The van der Waals surface area contributed by atoms with E-state index in [0.717, 1.165) is 30.3 Å². The summed E-state index contributed by atoms with van der Waals surface area (Å²) in [4.78, 5) is 29.2. The van der Waals surface area contributed by atoms with Crippen molar-refractivity contribution in [2.45, 2.75) is 19.9 Å². The number of carbonyl (C=O) groups excluding carboxylic acids is 1. The van der Waals surface area contributed by atoms with Crippen LogP contribution in [0, 0.1) is 13.8 Å². The lowest BCUT2D eigenvalue weighted by atomic mass is 10.1. The predicted octanol–water partition coefficient (Wildman–Crippen LogP) is 1.39. The molecule has 3 rings (SSSR count). The van der Waals surface area contributed by atoms with Gasteiger partial charge < -0.3 is 19.5 Å². The third kappa shape index (κ3) is 4.18. The SMILES string of the molecule is Cc1ccc(C(=O)NC[C@H](c2ccc(C)o2)N2CCOCC2)c(=O)[nH]1. The van der Waals surface area contributed by atoms with E-state index in [-0.39, 0.29) is 23.1 Å². The smallest absolute Gasteiger partial charge is 0.260 e. The molecule has 1 saturated heterocycles. The fourth-order valence-electron chi connectivity index (χ4n) is 2.97. The van der Waals surface area contributed by atoms with Crippen LogP contribution in [0.1, 0.15) is 33.6 Å². The Labute approximate surface area is 146 Å². The lowest BCUT2D eigenvalue weighted by molar-refractivity contribution is 0.0117. The number of hydrogen-bond donors (Lipinski definition) is 2. The molecule has 1 atom stereocenters. The zero-order valence-electron chi connectivity index (χ0n) is 14.5. The highest BCUT2D eigenvalue weighted by molar-refractivity contribution is 5.93. The molecule has 25 heavy (non-hydrogen) atoms. The Balaban J connectivity index is 1.73. The van der Waals surface area contributed by atoms with Crippen LogP contribution < -0.4 is 10.9 Å². The van der Waals surface area contributed by atoms with Crippen molar-refractivity contribution in [2.75, 3.05) is 32.8 Å². The lowest BCUT2D eigenvalue weighted by Crippen LogP contribution is -2.44. The fraction of sp³-hybridized carbons (Fsp3) is 0.444. The maximum Gasteiger partial charge on any atom is 0.260 e. The van der Waals surface area contributed by atoms with E-state index in [4.69, 9.17) is 9.15 Å². The van der Waals surface area contributed by atoms with Gasteiger partial charge in [0.1, 0.15) is 17.1 Å². The number of H-pyrrole nitrogens is 1. The van der Waals surface area contributed by atoms with E-state index in [1.54, 1.807) is 19.1 Å². The van der Waals surface area contributed by atoms with Crippen molar-refractivity contribution in [1.29, 1.82) is 0 Å². The number of nitrogens with zero attached hydrogens (tertiary/aromatic N) is 1. The highest BCUT2D eigenvalue weighted by atomic mass is 16.5. The van der Waals surface area contributed by atoms with Gasteiger partial charge in [0.25, 0.3) is 11.5 Å². The molecule has 2 N–H and O–H groups in total. The number of aryl methyl sites for hydroxylation is 2. The summed E-state index contributed by atoms with van der Waals surface area (Å²) >= 11 is 0. The Bertz CT molecular complexity index is 790. The van der Waals surface area contributed by atoms with Gasteiger partial charge >= 0.3 is 0 Å². The lowest BCUT2D eigenvalue weighted by Gasteiger charge is -2.33. The van der Waals surface area contributed by atoms with Gasteiger partial charge in [-0.15, -0.1) is 0 Å². The molecule has 0 aliphatic carbocycles. The molecule has 2 aromatic rings. The number of pyridine rings is 1. The molecule has 1 aliphatic rings. The average molecular weight is 345 g/mol. The summed E-state index contributed by atoms with van der Waals surface area (Å²) < 4.78 is 11.2. The number of hydrogen-bond acceptors (Lipinski definition) is 5. The Morgan fingerprint density at radius 2 is 2.00 bits per heavy atom. The molecule has 0 unspecified atom stereocenters. The van der Waals surface area contributed by atoms with Gasteiger partial charge in [-0.2, -0.15) is 0 Å².